The van der Waals surface area contributed by atoms with Gasteiger partial charge in [-0.25, -0.2) is 9.78 Å². The van der Waals surface area contributed by atoms with Crippen LogP contribution in [0.1, 0.15) is 58.2 Å². The number of amides is 1. The maximum absolute atomic E-state index is 12.3. The first-order valence-corrected chi connectivity index (χ1v) is 10.1. The van der Waals surface area contributed by atoms with Crippen molar-refractivity contribution in [2.45, 2.75) is 60.0 Å². The van der Waals surface area contributed by atoms with E-state index in [1.807, 2.05) is 47.6 Å². The van der Waals surface area contributed by atoms with Gasteiger partial charge in [-0.2, -0.15) is 0 Å². The number of aliphatic hydroxyl groups is 1. The summed E-state index contributed by atoms with van der Waals surface area (Å²) < 4.78 is 11.0. The number of carbonyl (C=O) groups excluding carboxylic acids is 1. The molecular weight excluding hydrogens is 358 g/mol. The van der Waals surface area contributed by atoms with E-state index < -0.39 is 12.2 Å². The van der Waals surface area contributed by atoms with Crippen LogP contribution >= 0.6 is 0 Å². The highest BCUT2D eigenvalue weighted by molar-refractivity contribution is 5.71. The zero-order valence-electron chi connectivity index (χ0n) is 18.0. The summed E-state index contributed by atoms with van der Waals surface area (Å²) in [4.78, 5) is 19.3. The predicted octanol–water partition coefficient (Wildman–Crippen LogP) is 3.24. The standard InChI is InChI=1S/C21H35N3O4/c1-14(2)18-19(28-20(26)22-8-7-16(25)21(4,5)6)15(3)13-17(23-18)24-9-11-27-12-10-24/h13-14,16,25H,7-12H2,1-6H3,(H,22,26). The summed E-state index contributed by atoms with van der Waals surface area (Å²) in [6, 6.07) is 1.96. The van der Waals surface area contributed by atoms with E-state index in [0.29, 0.717) is 31.9 Å². The molecule has 0 spiro atoms. The van der Waals surface area contributed by atoms with Gasteiger partial charge < -0.3 is 24.8 Å². The highest BCUT2D eigenvalue weighted by atomic mass is 16.6. The molecule has 1 aliphatic rings. The van der Waals surface area contributed by atoms with Crippen molar-refractivity contribution in [2.24, 2.45) is 5.41 Å². The Morgan fingerprint density at radius 1 is 1.36 bits per heavy atom. The topological polar surface area (TPSA) is 83.9 Å². The van der Waals surface area contributed by atoms with E-state index in [1.165, 1.54) is 0 Å². The van der Waals surface area contributed by atoms with E-state index in [0.717, 1.165) is 30.2 Å². The molecule has 0 bridgehead atoms. The second kappa shape index (κ2) is 9.56. The van der Waals surface area contributed by atoms with Crippen molar-refractivity contribution >= 4 is 11.9 Å². The summed E-state index contributed by atoms with van der Waals surface area (Å²) in [5.74, 6) is 1.52. The fraction of sp³-hybridized carbons (Fsp3) is 0.714. The molecule has 0 aromatic carbocycles. The molecule has 1 unspecified atom stereocenters. The maximum Gasteiger partial charge on any atom is 0.412 e. The van der Waals surface area contributed by atoms with Gasteiger partial charge in [0.15, 0.2) is 5.75 Å². The van der Waals surface area contributed by atoms with Crippen molar-refractivity contribution in [1.29, 1.82) is 0 Å². The lowest BCUT2D eigenvalue weighted by Gasteiger charge is -2.29. The van der Waals surface area contributed by atoms with Crippen molar-refractivity contribution in [1.82, 2.24) is 10.3 Å². The number of pyridine rings is 1. The first-order valence-electron chi connectivity index (χ1n) is 10.1. The average molecular weight is 394 g/mol. The first kappa shape index (κ1) is 22.4. The van der Waals surface area contributed by atoms with Gasteiger partial charge in [0.25, 0.3) is 0 Å². The highest BCUT2D eigenvalue weighted by Crippen LogP contribution is 2.32. The Labute approximate surface area is 168 Å². The van der Waals surface area contributed by atoms with Crippen molar-refractivity contribution < 1.29 is 19.4 Å². The van der Waals surface area contributed by atoms with E-state index in [9.17, 15) is 9.90 Å². The molecule has 1 saturated heterocycles. The van der Waals surface area contributed by atoms with Gasteiger partial charge in [-0.3, -0.25) is 0 Å². The zero-order valence-corrected chi connectivity index (χ0v) is 18.0. The number of rotatable bonds is 6. The second-order valence-electron chi connectivity index (χ2n) is 8.75. The van der Waals surface area contributed by atoms with Crippen LogP contribution in [-0.2, 0) is 4.74 Å². The number of nitrogens with zero attached hydrogens (tertiary/aromatic N) is 2. The van der Waals surface area contributed by atoms with E-state index >= 15 is 0 Å². The Hall–Kier alpha value is -1.86. The number of aryl methyl sites for hydroxylation is 1. The third-order valence-electron chi connectivity index (χ3n) is 4.93. The predicted molar refractivity (Wildman–Crippen MR) is 110 cm³/mol. The molecule has 0 radical (unpaired) electrons. The Morgan fingerprint density at radius 3 is 2.57 bits per heavy atom. The number of nitrogens with one attached hydrogen (secondary N) is 1. The largest absolute Gasteiger partial charge is 0.412 e. The van der Waals surface area contributed by atoms with E-state index in [4.69, 9.17) is 14.5 Å². The van der Waals surface area contributed by atoms with Gasteiger partial charge in [-0.05, 0) is 36.3 Å². The molecule has 1 aromatic heterocycles. The molecule has 1 atom stereocenters. The first-order chi connectivity index (χ1) is 13.1. The van der Waals surface area contributed by atoms with E-state index in [1.54, 1.807) is 0 Å². The molecule has 7 nitrogen and oxygen atoms in total. The Balaban J connectivity index is 2.06. The summed E-state index contributed by atoms with van der Waals surface area (Å²) in [7, 11) is 0. The van der Waals surface area contributed by atoms with Gasteiger partial charge in [0, 0.05) is 19.6 Å². The molecule has 7 heteroatoms. The quantitative estimate of drug-likeness (QED) is 0.772. The molecule has 1 amide bonds. The smallest absolute Gasteiger partial charge is 0.408 e. The minimum absolute atomic E-state index is 0.116. The summed E-state index contributed by atoms with van der Waals surface area (Å²) in [6.07, 6.45) is -0.537. The molecule has 28 heavy (non-hydrogen) atoms. The average Bonchev–Trinajstić information content (AvgIpc) is 2.62. The lowest BCUT2D eigenvalue weighted by atomic mass is 9.87. The summed E-state index contributed by atoms with van der Waals surface area (Å²) in [5.41, 5.74) is 1.43. The van der Waals surface area contributed by atoms with Crippen LogP contribution in [-0.4, -0.2) is 55.1 Å². The third-order valence-corrected chi connectivity index (χ3v) is 4.93. The normalized spacial score (nSPS) is 16.2. The van der Waals surface area contributed by atoms with Crippen LogP contribution in [0.15, 0.2) is 6.07 Å². The fourth-order valence-electron chi connectivity index (χ4n) is 3.02. The maximum atomic E-state index is 12.3. The van der Waals surface area contributed by atoms with Gasteiger partial charge in [0.05, 0.1) is 25.0 Å². The molecule has 1 aliphatic heterocycles. The molecule has 2 heterocycles. The lowest BCUT2D eigenvalue weighted by molar-refractivity contribution is 0.0560. The molecule has 158 valence electrons. The van der Waals surface area contributed by atoms with Crippen LogP contribution in [0.2, 0.25) is 0 Å². The van der Waals surface area contributed by atoms with Crippen LogP contribution in [0.4, 0.5) is 10.6 Å². The van der Waals surface area contributed by atoms with E-state index in [-0.39, 0.29) is 11.3 Å². The van der Waals surface area contributed by atoms with Crippen molar-refractivity contribution in [2.75, 3.05) is 37.7 Å². The van der Waals surface area contributed by atoms with Gasteiger partial charge >= 0.3 is 6.09 Å². The SMILES string of the molecule is Cc1cc(N2CCOCC2)nc(C(C)C)c1OC(=O)NCCC(O)C(C)(C)C. The number of hydrogen-bond donors (Lipinski definition) is 2. The van der Waals surface area contributed by atoms with Crippen LogP contribution in [0.5, 0.6) is 5.75 Å². The summed E-state index contributed by atoms with van der Waals surface area (Å²) >= 11 is 0. The van der Waals surface area contributed by atoms with E-state index in [2.05, 4.69) is 10.2 Å². The molecule has 0 aliphatic carbocycles. The Kier molecular flexibility index (Phi) is 7.66. The molecular formula is C21H35N3O4. The highest BCUT2D eigenvalue weighted by Gasteiger charge is 2.23. The Morgan fingerprint density at radius 2 is 2.00 bits per heavy atom. The summed E-state index contributed by atoms with van der Waals surface area (Å²) in [6.45, 7) is 15.3. The van der Waals surface area contributed by atoms with Crippen LogP contribution < -0.4 is 15.0 Å². The van der Waals surface area contributed by atoms with Crippen LogP contribution in [0.25, 0.3) is 0 Å². The molecule has 0 saturated carbocycles. The van der Waals surface area contributed by atoms with Gasteiger partial charge in [-0.1, -0.05) is 34.6 Å². The number of anilines is 1. The number of carbonyl (C=O) groups is 1. The van der Waals surface area contributed by atoms with Crippen LogP contribution in [0.3, 0.4) is 0 Å². The minimum atomic E-state index is -0.521. The second-order valence-corrected chi connectivity index (χ2v) is 8.75. The molecule has 2 N–H and O–H groups in total. The minimum Gasteiger partial charge on any atom is -0.408 e. The van der Waals surface area contributed by atoms with Gasteiger partial charge in [0.1, 0.15) is 5.82 Å². The monoisotopic (exact) mass is 393 g/mol. The number of morpholine rings is 1. The zero-order chi connectivity index (χ0) is 20.9. The van der Waals surface area contributed by atoms with Gasteiger partial charge in [-0.15, -0.1) is 0 Å². The lowest BCUT2D eigenvalue weighted by Crippen LogP contribution is -2.37. The van der Waals surface area contributed by atoms with Crippen LogP contribution in [0, 0.1) is 12.3 Å². The molecule has 1 fully saturated rings. The number of hydrogen-bond acceptors (Lipinski definition) is 6. The number of aliphatic hydroxyl groups excluding tert-OH is 1. The Bertz CT molecular complexity index is 664. The van der Waals surface area contributed by atoms with Gasteiger partial charge in [0.2, 0.25) is 0 Å². The molecule has 2 rings (SSSR count). The fourth-order valence-corrected chi connectivity index (χ4v) is 3.02. The summed E-state index contributed by atoms with van der Waals surface area (Å²) in [5, 5.41) is 12.8. The van der Waals surface area contributed by atoms with Crippen molar-refractivity contribution in [3.63, 3.8) is 0 Å². The van der Waals surface area contributed by atoms with Crippen molar-refractivity contribution in [3.05, 3.63) is 17.3 Å². The molecule has 1 aromatic rings. The van der Waals surface area contributed by atoms with Crippen molar-refractivity contribution in [3.8, 4) is 5.75 Å². The number of aromatic nitrogens is 1. The number of ether oxygens (including phenoxy) is 2. The third kappa shape index (κ3) is 6.07.